The lowest BCUT2D eigenvalue weighted by atomic mass is 9.85. The van der Waals surface area contributed by atoms with Crippen LogP contribution in [0.15, 0.2) is 64.0 Å². The predicted molar refractivity (Wildman–Crippen MR) is 102 cm³/mol. The van der Waals surface area contributed by atoms with Crippen LogP contribution in [0.4, 0.5) is 5.69 Å². The van der Waals surface area contributed by atoms with E-state index in [2.05, 4.69) is 0 Å². The van der Waals surface area contributed by atoms with Crippen molar-refractivity contribution in [2.24, 2.45) is 0 Å². The fourth-order valence-corrected chi connectivity index (χ4v) is 4.75. The Morgan fingerprint density at radius 2 is 2.04 bits per heavy atom. The number of hydrogen-bond donors (Lipinski definition) is 0. The van der Waals surface area contributed by atoms with E-state index in [4.69, 9.17) is 16.3 Å². The second-order valence-electron chi connectivity index (χ2n) is 6.05. The molecule has 1 atom stereocenters. The molecular weight excluding hydrogens is 370 g/mol. The number of thioether (sulfide) groups is 1. The summed E-state index contributed by atoms with van der Waals surface area (Å²) in [6, 6.07) is 15.1. The molecule has 2 aliphatic rings. The fourth-order valence-electron chi connectivity index (χ4n) is 3.36. The van der Waals surface area contributed by atoms with E-state index in [9.17, 15) is 9.59 Å². The van der Waals surface area contributed by atoms with Gasteiger partial charge in [-0.25, -0.2) is 4.79 Å². The molecule has 4 rings (SSSR count). The van der Waals surface area contributed by atoms with Crippen molar-refractivity contribution in [1.29, 1.82) is 0 Å². The van der Waals surface area contributed by atoms with E-state index >= 15 is 0 Å². The van der Waals surface area contributed by atoms with Crippen molar-refractivity contribution < 1.29 is 14.3 Å². The molecule has 0 fully saturated rings. The smallest absolute Gasteiger partial charge is 0.337 e. The zero-order chi connectivity index (χ0) is 18.3. The number of nitrogens with zero attached hydrogens (tertiary/aromatic N) is 1. The summed E-state index contributed by atoms with van der Waals surface area (Å²) in [4.78, 5) is 28.3. The maximum Gasteiger partial charge on any atom is 0.337 e. The molecule has 26 heavy (non-hydrogen) atoms. The highest BCUT2D eigenvalue weighted by Gasteiger charge is 2.43. The summed E-state index contributed by atoms with van der Waals surface area (Å²) >= 11 is 7.54. The quantitative estimate of drug-likeness (QED) is 0.716. The van der Waals surface area contributed by atoms with E-state index in [1.54, 1.807) is 24.0 Å². The zero-order valence-corrected chi connectivity index (χ0v) is 15.6. The molecule has 4 nitrogen and oxygen atoms in total. The van der Waals surface area contributed by atoms with Gasteiger partial charge in [-0.05, 0) is 30.7 Å². The molecule has 0 aromatic heterocycles. The molecule has 2 aliphatic heterocycles. The Hall–Kier alpha value is -2.24. The Morgan fingerprint density at radius 3 is 2.77 bits per heavy atom. The van der Waals surface area contributed by atoms with E-state index in [1.807, 2.05) is 36.4 Å². The number of carbonyl (C=O) groups is 2. The Labute approximate surface area is 160 Å². The second-order valence-corrected chi connectivity index (χ2v) is 7.52. The minimum absolute atomic E-state index is 0.0459. The van der Waals surface area contributed by atoms with Crippen LogP contribution in [0.25, 0.3) is 0 Å². The highest BCUT2D eigenvalue weighted by atomic mass is 35.5. The number of anilines is 1. The van der Waals surface area contributed by atoms with Crippen LogP contribution in [-0.2, 0) is 14.3 Å². The van der Waals surface area contributed by atoms with Gasteiger partial charge in [0.05, 0.1) is 22.9 Å². The lowest BCUT2D eigenvalue weighted by Gasteiger charge is -2.31. The molecule has 2 aromatic carbocycles. The molecule has 0 N–H and O–H groups in total. The minimum Gasteiger partial charge on any atom is -0.463 e. The van der Waals surface area contributed by atoms with Crippen LogP contribution >= 0.6 is 23.4 Å². The topological polar surface area (TPSA) is 46.6 Å². The first-order valence-corrected chi connectivity index (χ1v) is 9.56. The van der Waals surface area contributed by atoms with Crippen molar-refractivity contribution in [3.8, 4) is 0 Å². The third-order valence-corrected chi connectivity index (χ3v) is 5.87. The molecule has 0 unspecified atom stereocenters. The summed E-state index contributed by atoms with van der Waals surface area (Å²) in [7, 11) is 0. The average molecular weight is 386 g/mol. The molecular formula is C20H16ClNO3S. The number of carbonyl (C=O) groups excluding carboxylic acids is 2. The van der Waals surface area contributed by atoms with Gasteiger partial charge in [-0.3, -0.25) is 9.69 Å². The first kappa shape index (κ1) is 17.2. The van der Waals surface area contributed by atoms with E-state index < -0.39 is 0 Å². The van der Waals surface area contributed by atoms with Gasteiger partial charge in [0.2, 0.25) is 5.91 Å². The molecule has 0 spiro atoms. The van der Waals surface area contributed by atoms with E-state index in [-0.39, 0.29) is 30.8 Å². The zero-order valence-electron chi connectivity index (χ0n) is 14.1. The highest BCUT2D eigenvalue weighted by Crippen LogP contribution is 2.53. The van der Waals surface area contributed by atoms with Crippen molar-refractivity contribution >= 4 is 40.9 Å². The van der Waals surface area contributed by atoms with E-state index in [0.29, 0.717) is 15.6 Å². The van der Waals surface area contributed by atoms with Crippen LogP contribution in [-0.4, -0.2) is 18.5 Å². The maximum atomic E-state index is 12.9. The van der Waals surface area contributed by atoms with E-state index in [1.165, 1.54) is 11.8 Å². The number of benzene rings is 2. The first-order chi connectivity index (χ1) is 12.6. The number of halogens is 1. The van der Waals surface area contributed by atoms with Gasteiger partial charge in [0, 0.05) is 22.3 Å². The highest BCUT2D eigenvalue weighted by molar-refractivity contribution is 8.03. The molecule has 132 valence electrons. The lowest BCUT2D eigenvalue weighted by molar-refractivity contribution is -0.139. The largest absolute Gasteiger partial charge is 0.463 e. The number of esters is 1. The Morgan fingerprint density at radius 1 is 1.27 bits per heavy atom. The van der Waals surface area contributed by atoms with Crippen molar-refractivity contribution in [3.05, 3.63) is 69.7 Å². The summed E-state index contributed by atoms with van der Waals surface area (Å²) in [6.45, 7) is 2.07. The lowest BCUT2D eigenvalue weighted by Crippen LogP contribution is -2.36. The van der Waals surface area contributed by atoms with Crippen LogP contribution in [0.1, 0.15) is 24.8 Å². The second kappa shape index (κ2) is 6.82. The Balaban J connectivity index is 1.89. The molecule has 6 heteroatoms. The van der Waals surface area contributed by atoms with Gasteiger partial charge < -0.3 is 4.74 Å². The standard InChI is InChI=1S/C20H16ClNO3S/c1-2-25-20(24)18-14(12-6-4-3-5-7-12)11-17(23)22-15-10-13(21)8-9-16(15)26-19(18)22/h3-10,14H,2,11H2,1H3/t14-/m1/s1. The first-order valence-electron chi connectivity index (χ1n) is 8.36. The predicted octanol–water partition coefficient (Wildman–Crippen LogP) is 4.74. The molecule has 0 radical (unpaired) electrons. The van der Waals surface area contributed by atoms with Crippen LogP contribution < -0.4 is 4.90 Å². The fraction of sp³-hybridized carbons (Fsp3) is 0.200. The van der Waals surface area contributed by atoms with Gasteiger partial charge in [-0.1, -0.05) is 53.7 Å². The Bertz CT molecular complexity index is 926. The molecule has 0 bridgehead atoms. The van der Waals surface area contributed by atoms with Crippen molar-refractivity contribution in [3.63, 3.8) is 0 Å². The summed E-state index contributed by atoms with van der Waals surface area (Å²) in [5, 5.41) is 1.19. The van der Waals surface area contributed by atoms with Gasteiger partial charge in [0.25, 0.3) is 0 Å². The Kier molecular flexibility index (Phi) is 4.51. The summed E-state index contributed by atoms with van der Waals surface area (Å²) in [5.41, 5.74) is 2.21. The monoisotopic (exact) mass is 385 g/mol. The molecule has 0 aliphatic carbocycles. The van der Waals surface area contributed by atoms with Crippen LogP contribution in [0, 0.1) is 0 Å². The number of hydrogen-bond acceptors (Lipinski definition) is 4. The normalized spacial score (nSPS) is 18.6. The summed E-state index contributed by atoms with van der Waals surface area (Å²) < 4.78 is 5.32. The summed E-state index contributed by atoms with van der Waals surface area (Å²) in [5.74, 6) is -0.734. The average Bonchev–Trinajstić information content (AvgIpc) is 3.01. The molecule has 2 heterocycles. The van der Waals surface area contributed by atoms with Crippen molar-refractivity contribution in [2.75, 3.05) is 11.5 Å². The maximum absolute atomic E-state index is 12.9. The molecule has 1 amide bonds. The van der Waals surface area contributed by atoms with Gasteiger partial charge >= 0.3 is 5.97 Å². The SMILES string of the molecule is CCOC(=O)C1=C2Sc3ccc(Cl)cc3N2C(=O)C[C@@H]1c1ccccc1. The number of amides is 1. The van der Waals surface area contributed by atoms with Crippen molar-refractivity contribution in [2.45, 2.75) is 24.2 Å². The van der Waals surface area contributed by atoms with Crippen molar-refractivity contribution in [1.82, 2.24) is 0 Å². The number of rotatable bonds is 3. The van der Waals surface area contributed by atoms with Crippen LogP contribution in [0.2, 0.25) is 5.02 Å². The third-order valence-electron chi connectivity index (χ3n) is 4.48. The van der Waals surface area contributed by atoms with Crippen LogP contribution in [0.5, 0.6) is 0 Å². The molecule has 2 aromatic rings. The summed E-state index contributed by atoms with van der Waals surface area (Å²) in [6.07, 6.45) is 0.216. The third kappa shape index (κ3) is 2.81. The minimum atomic E-state index is -0.375. The van der Waals surface area contributed by atoms with Gasteiger partial charge in [-0.2, -0.15) is 0 Å². The van der Waals surface area contributed by atoms with Gasteiger partial charge in [-0.15, -0.1) is 0 Å². The number of fused-ring (bicyclic) bond motifs is 3. The molecule has 0 saturated heterocycles. The van der Waals surface area contributed by atoms with Gasteiger partial charge in [0.15, 0.2) is 0 Å². The number of ether oxygens (including phenoxy) is 1. The molecule has 0 saturated carbocycles. The van der Waals surface area contributed by atoms with Gasteiger partial charge in [0.1, 0.15) is 0 Å². The van der Waals surface area contributed by atoms with Crippen LogP contribution in [0.3, 0.4) is 0 Å². The van der Waals surface area contributed by atoms with E-state index in [0.717, 1.165) is 16.1 Å².